The lowest BCUT2D eigenvalue weighted by atomic mass is 10.1. The highest BCUT2D eigenvalue weighted by molar-refractivity contribution is 5.35. The molecule has 1 aromatic carbocycles. The van der Waals surface area contributed by atoms with Crippen molar-refractivity contribution in [1.29, 1.82) is 0 Å². The van der Waals surface area contributed by atoms with Crippen molar-refractivity contribution in [3.05, 3.63) is 41.2 Å². The van der Waals surface area contributed by atoms with E-state index in [1.54, 1.807) is 0 Å². The standard InChI is InChI=1S/C15H19N3O2/c1-3-12-13(4-2)17-18-15(16-12)20-14-8-6-5-7-11(14)9-10-19/h5-8,19H,3-4,9-10H2,1-2H3. The summed E-state index contributed by atoms with van der Waals surface area (Å²) in [6, 6.07) is 7.80. The van der Waals surface area contributed by atoms with Crippen LogP contribution in [0.5, 0.6) is 11.8 Å². The second-order valence-corrected chi connectivity index (χ2v) is 4.38. The van der Waals surface area contributed by atoms with Gasteiger partial charge in [-0.25, -0.2) is 0 Å². The number of nitrogens with zero attached hydrogens (tertiary/aromatic N) is 3. The third-order valence-electron chi connectivity index (χ3n) is 3.04. The molecule has 5 nitrogen and oxygen atoms in total. The van der Waals surface area contributed by atoms with Crippen molar-refractivity contribution in [1.82, 2.24) is 15.2 Å². The highest BCUT2D eigenvalue weighted by atomic mass is 16.5. The number of aliphatic hydroxyl groups is 1. The van der Waals surface area contributed by atoms with Crippen LogP contribution in [-0.2, 0) is 19.3 Å². The average molecular weight is 273 g/mol. The van der Waals surface area contributed by atoms with Gasteiger partial charge >= 0.3 is 6.01 Å². The van der Waals surface area contributed by atoms with Crippen molar-refractivity contribution in [2.45, 2.75) is 33.1 Å². The van der Waals surface area contributed by atoms with Gasteiger partial charge in [-0.2, -0.15) is 4.98 Å². The van der Waals surface area contributed by atoms with Crippen molar-refractivity contribution in [2.24, 2.45) is 0 Å². The van der Waals surface area contributed by atoms with Gasteiger partial charge in [-0.05, 0) is 30.9 Å². The summed E-state index contributed by atoms with van der Waals surface area (Å²) in [5, 5.41) is 17.2. The Kier molecular flexibility index (Phi) is 5.01. The summed E-state index contributed by atoms with van der Waals surface area (Å²) in [5.74, 6) is 0.662. The number of benzene rings is 1. The Bertz CT molecular complexity index is 573. The van der Waals surface area contributed by atoms with E-state index in [4.69, 9.17) is 9.84 Å². The van der Waals surface area contributed by atoms with Crippen LogP contribution in [0.25, 0.3) is 0 Å². The highest BCUT2D eigenvalue weighted by Crippen LogP contribution is 2.23. The Morgan fingerprint density at radius 2 is 1.80 bits per heavy atom. The second kappa shape index (κ2) is 6.96. The molecule has 20 heavy (non-hydrogen) atoms. The molecule has 0 aliphatic heterocycles. The van der Waals surface area contributed by atoms with Gasteiger partial charge in [0.2, 0.25) is 0 Å². The van der Waals surface area contributed by atoms with E-state index in [2.05, 4.69) is 15.2 Å². The largest absolute Gasteiger partial charge is 0.423 e. The van der Waals surface area contributed by atoms with E-state index in [-0.39, 0.29) is 12.6 Å². The Morgan fingerprint density at radius 3 is 2.50 bits per heavy atom. The van der Waals surface area contributed by atoms with Crippen molar-refractivity contribution in [3.8, 4) is 11.8 Å². The SMILES string of the molecule is CCc1nnc(Oc2ccccc2CCO)nc1CC. The molecule has 0 atom stereocenters. The number of aryl methyl sites for hydroxylation is 2. The Balaban J connectivity index is 2.26. The normalized spacial score (nSPS) is 10.6. The van der Waals surface area contributed by atoms with Gasteiger partial charge < -0.3 is 9.84 Å². The topological polar surface area (TPSA) is 68.1 Å². The van der Waals surface area contributed by atoms with Crippen molar-refractivity contribution in [3.63, 3.8) is 0 Å². The lowest BCUT2D eigenvalue weighted by Crippen LogP contribution is -2.05. The number of hydrogen-bond acceptors (Lipinski definition) is 5. The molecular formula is C15H19N3O2. The first-order valence-corrected chi connectivity index (χ1v) is 6.87. The summed E-state index contributed by atoms with van der Waals surface area (Å²) in [7, 11) is 0. The fraction of sp³-hybridized carbons (Fsp3) is 0.400. The molecule has 2 rings (SSSR count). The minimum absolute atomic E-state index is 0.0778. The molecule has 0 radical (unpaired) electrons. The number of aromatic nitrogens is 3. The molecule has 0 aliphatic rings. The van der Waals surface area contributed by atoms with Crippen LogP contribution in [0.4, 0.5) is 0 Å². The molecule has 0 saturated carbocycles. The van der Waals surface area contributed by atoms with Gasteiger partial charge in [-0.3, -0.25) is 0 Å². The highest BCUT2D eigenvalue weighted by Gasteiger charge is 2.10. The smallest absolute Gasteiger partial charge is 0.341 e. The van der Waals surface area contributed by atoms with E-state index in [0.717, 1.165) is 29.8 Å². The van der Waals surface area contributed by atoms with Gasteiger partial charge in [0.05, 0.1) is 11.4 Å². The van der Waals surface area contributed by atoms with E-state index in [0.29, 0.717) is 12.2 Å². The second-order valence-electron chi connectivity index (χ2n) is 4.38. The number of hydrogen-bond donors (Lipinski definition) is 1. The third-order valence-corrected chi connectivity index (χ3v) is 3.04. The summed E-state index contributed by atoms with van der Waals surface area (Å²) in [6.07, 6.45) is 2.15. The zero-order valence-corrected chi connectivity index (χ0v) is 11.8. The maximum atomic E-state index is 9.06. The number of aliphatic hydroxyl groups excluding tert-OH is 1. The van der Waals surface area contributed by atoms with Crippen LogP contribution in [0.3, 0.4) is 0 Å². The number of ether oxygens (including phenoxy) is 1. The van der Waals surface area contributed by atoms with Gasteiger partial charge in [0, 0.05) is 6.61 Å². The van der Waals surface area contributed by atoms with Crippen LogP contribution in [0.2, 0.25) is 0 Å². The first-order chi connectivity index (χ1) is 9.78. The van der Waals surface area contributed by atoms with Gasteiger partial charge in [-0.15, -0.1) is 5.10 Å². The maximum Gasteiger partial charge on any atom is 0.341 e. The van der Waals surface area contributed by atoms with Gasteiger partial charge in [-0.1, -0.05) is 37.1 Å². The molecule has 0 spiro atoms. The van der Waals surface area contributed by atoms with Crippen LogP contribution in [0, 0.1) is 0 Å². The van der Waals surface area contributed by atoms with Gasteiger partial charge in [0.15, 0.2) is 0 Å². The lowest BCUT2D eigenvalue weighted by Gasteiger charge is -2.10. The van der Waals surface area contributed by atoms with Crippen LogP contribution >= 0.6 is 0 Å². The van der Waals surface area contributed by atoms with Crippen LogP contribution in [0.15, 0.2) is 24.3 Å². The summed E-state index contributed by atoms with van der Waals surface area (Å²) in [4.78, 5) is 4.40. The molecule has 1 heterocycles. The minimum Gasteiger partial charge on any atom is -0.423 e. The summed E-state index contributed by atoms with van der Waals surface area (Å²) in [6.45, 7) is 4.14. The van der Waals surface area contributed by atoms with Crippen molar-refractivity contribution >= 4 is 0 Å². The van der Waals surface area contributed by atoms with Crippen LogP contribution in [-0.4, -0.2) is 26.9 Å². The molecule has 0 saturated heterocycles. The first kappa shape index (κ1) is 14.4. The van der Waals surface area contributed by atoms with E-state index >= 15 is 0 Å². The average Bonchev–Trinajstić information content (AvgIpc) is 2.49. The summed E-state index contributed by atoms with van der Waals surface area (Å²) < 4.78 is 5.71. The molecule has 2 aromatic rings. The van der Waals surface area contributed by atoms with Crippen LogP contribution in [0.1, 0.15) is 30.8 Å². The molecular weight excluding hydrogens is 254 g/mol. The lowest BCUT2D eigenvalue weighted by molar-refractivity contribution is 0.297. The van der Waals surface area contributed by atoms with E-state index in [1.165, 1.54) is 0 Å². The molecule has 1 aromatic heterocycles. The Labute approximate surface area is 118 Å². The molecule has 0 unspecified atom stereocenters. The zero-order valence-electron chi connectivity index (χ0n) is 11.8. The molecule has 0 bridgehead atoms. The summed E-state index contributed by atoms with van der Waals surface area (Å²) in [5.41, 5.74) is 2.75. The van der Waals surface area contributed by atoms with Crippen LogP contribution < -0.4 is 4.74 Å². The molecule has 106 valence electrons. The molecule has 0 fully saturated rings. The number of para-hydroxylation sites is 1. The van der Waals surface area contributed by atoms with Crippen molar-refractivity contribution < 1.29 is 9.84 Å². The predicted molar refractivity (Wildman–Crippen MR) is 75.9 cm³/mol. The molecule has 0 amide bonds. The van der Waals surface area contributed by atoms with Gasteiger partial charge in [0.25, 0.3) is 0 Å². The molecule has 0 aliphatic carbocycles. The third kappa shape index (κ3) is 3.30. The quantitative estimate of drug-likeness (QED) is 0.874. The monoisotopic (exact) mass is 273 g/mol. The van der Waals surface area contributed by atoms with E-state index in [9.17, 15) is 0 Å². The van der Waals surface area contributed by atoms with E-state index < -0.39 is 0 Å². The fourth-order valence-electron chi connectivity index (χ4n) is 1.99. The summed E-state index contributed by atoms with van der Waals surface area (Å²) >= 11 is 0. The predicted octanol–water partition coefficient (Wildman–Crippen LogP) is 2.32. The molecule has 5 heteroatoms. The van der Waals surface area contributed by atoms with Gasteiger partial charge in [0.1, 0.15) is 5.75 Å². The number of rotatable bonds is 6. The fourth-order valence-corrected chi connectivity index (χ4v) is 1.99. The van der Waals surface area contributed by atoms with E-state index in [1.807, 2.05) is 38.1 Å². The first-order valence-electron chi connectivity index (χ1n) is 6.87. The minimum atomic E-state index is 0.0778. The Morgan fingerprint density at radius 1 is 1.05 bits per heavy atom. The molecule has 1 N–H and O–H groups in total. The maximum absolute atomic E-state index is 9.06. The Hall–Kier alpha value is -2.01. The van der Waals surface area contributed by atoms with Crippen molar-refractivity contribution in [2.75, 3.05) is 6.61 Å². The zero-order chi connectivity index (χ0) is 14.4.